The maximum Gasteiger partial charge on any atom is 0.306 e. The molecule has 0 heterocycles. The minimum absolute atomic E-state index is 0. The second-order valence-electron chi connectivity index (χ2n) is 5.76. The average molecular weight is 375 g/mol. The first-order valence-electron chi connectivity index (χ1n) is 7.79. The van der Waals surface area contributed by atoms with E-state index in [9.17, 15) is 19.8 Å². The highest BCUT2D eigenvalue weighted by Crippen LogP contribution is 2.27. The summed E-state index contributed by atoms with van der Waals surface area (Å²) in [6, 6.07) is 0. The Hall–Kier alpha value is -0.560. The largest absolute Gasteiger partial charge is 0.481 e. The van der Waals surface area contributed by atoms with Crippen LogP contribution >= 0.6 is 24.8 Å². The van der Waals surface area contributed by atoms with E-state index in [0.717, 1.165) is 25.7 Å². The monoisotopic (exact) mass is 374 g/mol. The summed E-state index contributed by atoms with van der Waals surface area (Å²) in [5.74, 6) is -2.81. The van der Waals surface area contributed by atoms with Gasteiger partial charge in [-0.3, -0.25) is 9.59 Å². The molecule has 0 aromatic heterocycles. The third-order valence-electron chi connectivity index (χ3n) is 3.99. The number of carboxylic acid groups (broad SMARTS) is 2. The lowest BCUT2D eigenvalue weighted by atomic mass is 9.81. The number of nitrogens with two attached hydrogens (primary N) is 2. The van der Waals surface area contributed by atoms with E-state index >= 15 is 0 Å². The molecular formula is C15H32Cl2N2O4. The van der Waals surface area contributed by atoms with Gasteiger partial charge in [-0.1, -0.05) is 19.8 Å². The molecule has 23 heavy (non-hydrogen) atoms. The van der Waals surface area contributed by atoms with Crippen LogP contribution < -0.4 is 11.5 Å². The lowest BCUT2D eigenvalue weighted by Crippen LogP contribution is -2.26. The Morgan fingerprint density at radius 3 is 1.74 bits per heavy atom. The average Bonchev–Trinajstić information content (AvgIpc) is 2.41. The van der Waals surface area contributed by atoms with Crippen LogP contribution in [0.5, 0.6) is 0 Å². The molecule has 0 fully saturated rings. The fourth-order valence-corrected chi connectivity index (χ4v) is 2.65. The van der Waals surface area contributed by atoms with Crippen LogP contribution in [-0.4, -0.2) is 35.2 Å². The molecule has 3 unspecified atom stereocenters. The molecule has 0 aromatic rings. The molecule has 0 aliphatic rings. The number of aliphatic carboxylic acids is 2. The summed E-state index contributed by atoms with van der Waals surface area (Å²) in [5, 5.41) is 18.6. The van der Waals surface area contributed by atoms with Crippen molar-refractivity contribution in [2.75, 3.05) is 13.1 Å². The van der Waals surface area contributed by atoms with Crippen molar-refractivity contribution in [2.45, 2.75) is 51.9 Å². The van der Waals surface area contributed by atoms with Gasteiger partial charge in [-0.15, -0.1) is 24.8 Å². The van der Waals surface area contributed by atoms with Crippen molar-refractivity contribution in [1.29, 1.82) is 0 Å². The van der Waals surface area contributed by atoms with Gasteiger partial charge in [0, 0.05) is 0 Å². The molecule has 3 atom stereocenters. The van der Waals surface area contributed by atoms with Crippen LogP contribution in [0.25, 0.3) is 0 Å². The second-order valence-corrected chi connectivity index (χ2v) is 5.76. The van der Waals surface area contributed by atoms with Crippen molar-refractivity contribution >= 4 is 36.8 Å². The zero-order valence-corrected chi connectivity index (χ0v) is 15.4. The highest BCUT2D eigenvalue weighted by atomic mass is 35.5. The molecule has 8 heteroatoms. The number of carboxylic acids is 2. The van der Waals surface area contributed by atoms with Gasteiger partial charge in [0.25, 0.3) is 0 Å². The van der Waals surface area contributed by atoms with Crippen molar-refractivity contribution in [3.63, 3.8) is 0 Å². The lowest BCUT2D eigenvalue weighted by molar-refractivity contribution is -0.147. The lowest BCUT2D eigenvalue weighted by Gasteiger charge is -2.23. The molecule has 0 spiro atoms. The van der Waals surface area contributed by atoms with Crippen molar-refractivity contribution < 1.29 is 19.8 Å². The van der Waals surface area contributed by atoms with E-state index in [4.69, 9.17) is 11.5 Å². The highest BCUT2D eigenvalue weighted by molar-refractivity contribution is 5.85. The van der Waals surface area contributed by atoms with Gasteiger partial charge in [0.15, 0.2) is 0 Å². The zero-order chi connectivity index (χ0) is 16.3. The number of halogens is 2. The predicted molar refractivity (Wildman–Crippen MR) is 96.3 cm³/mol. The van der Waals surface area contributed by atoms with E-state index in [1.54, 1.807) is 0 Å². The minimum atomic E-state index is -0.843. The van der Waals surface area contributed by atoms with Crippen molar-refractivity contribution in [3.05, 3.63) is 0 Å². The van der Waals surface area contributed by atoms with Crippen LogP contribution in [0.15, 0.2) is 0 Å². The third-order valence-corrected chi connectivity index (χ3v) is 3.99. The molecule has 0 aliphatic heterocycles. The normalized spacial score (nSPS) is 14.0. The van der Waals surface area contributed by atoms with Gasteiger partial charge >= 0.3 is 11.9 Å². The Balaban J connectivity index is -0.00000200. The number of carbonyl (C=O) groups is 2. The summed E-state index contributed by atoms with van der Waals surface area (Å²) < 4.78 is 0. The topological polar surface area (TPSA) is 127 Å². The van der Waals surface area contributed by atoms with Gasteiger partial charge in [0.2, 0.25) is 0 Å². The molecule has 0 saturated heterocycles. The Labute approximate surface area is 151 Å². The Morgan fingerprint density at radius 2 is 1.35 bits per heavy atom. The second kappa shape index (κ2) is 16.3. The first-order valence-corrected chi connectivity index (χ1v) is 7.79. The van der Waals surface area contributed by atoms with Gasteiger partial charge in [-0.05, 0) is 51.1 Å². The van der Waals surface area contributed by atoms with Gasteiger partial charge in [0.1, 0.15) is 0 Å². The Morgan fingerprint density at radius 1 is 0.870 bits per heavy atom. The van der Waals surface area contributed by atoms with Crippen LogP contribution in [0, 0.1) is 17.8 Å². The molecule has 0 aliphatic carbocycles. The number of hydrogen-bond donors (Lipinski definition) is 4. The number of hydrogen-bond acceptors (Lipinski definition) is 4. The zero-order valence-electron chi connectivity index (χ0n) is 13.8. The van der Waals surface area contributed by atoms with Crippen LogP contribution in [0.4, 0.5) is 0 Å². The molecule has 0 rings (SSSR count). The van der Waals surface area contributed by atoms with Crippen LogP contribution in [0.2, 0.25) is 0 Å². The molecular weight excluding hydrogens is 343 g/mol. The molecule has 140 valence electrons. The summed E-state index contributed by atoms with van der Waals surface area (Å²) in [7, 11) is 0. The van der Waals surface area contributed by atoms with E-state index < -0.39 is 23.8 Å². The van der Waals surface area contributed by atoms with Crippen LogP contribution in [0.1, 0.15) is 51.9 Å². The summed E-state index contributed by atoms with van der Waals surface area (Å²) >= 11 is 0. The molecule has 0 saturated carbocycles. The highest BCUT2D eigenvalue weighted by Gasteiger charge is 2.28. The smallest absolute Gasteiger partial charge is 0.306 e. The number of unbranched alkanes of at least 4 members (excludes halogenated alkanes) is 2. The van der Waals surface area contributed by atoms with Crippen LogP contribution in [-0.2, 0) is 9.59 Å². The molecule has 0 radical (unpaired) electrons. The van der Waals surface area contributed by atoms with E-state index in [-0.39, 0.29) is 30.7 Å². The molecule has 6 nitrogen and oxygen atoms in total. The summed E-state index contributed by atoms with van der Waals surface area (Å²) in [6.07, 6.45) is 4.66. The van der Waals surface area contributed by atoms with E-state index in [1.807, 2.05) is 6.92 Å². The van der Waals surface area contributed by atoms with Crippen LogP contribution in [0.3, 0.4) is 0 Å². The van der Waals surface area contributed by atoms with Gasteiger partial charge < -0.3 is 21.7 Å². The Bertz CT molecular complexity index is 320. The maximum absolute atomic E-state index is 11.4. The van der Waals surface area contributed by atoms with Crippen molar-refractivity contribution in [2.24, 2.45) is 29.2 Å². The van der Waals surface area contributed by atoms with E-state index in [1.165, 1.54) is 0 Å². The number of rotatable bonds is 13. The predicted octanol–water partition coefficient (Wildman–Crippen LogP) is 2.52. The van der Waals surface area contributed by atoms with Crippen molar-refractivity contribution in [3.8, 4) is 0 Å². The first kappa shape index (κ1) is 27.3. The SMILES string of the molecule is CC(CC(CCCCN)C(=O)O)C(CCCCN)C(=O)O.Cl.Cl. The molecule has 0 bridgehead atoms. The molecule has 6 N–H and O–H groups in total. The molecule has 0 amide bonds. The fourth-order valence-electron chi connectivity index (χ4n) is 2.65. The minimum Gasteiger partial charge on any atom is -0.481 e. The quantitative estimate of drug-likeness (QED) is 0.366. The van der Waals surface area contributed by atoms with Gasteiger partial charge in [-0.25, -0.2) is 0 Å². The van der Waals surface area contributed by atoms with Gasteiger partial charge in [0.05, 0.1) is 11.8 Å². The summed E-state index contributed by atoms with van der Waals surface area (Å²) in [6.45, 7) is 2.94. The van der Waals surface area contributed by atoms with Gasteiger partial charge in [-0.2, -0.15) is 0 Å². The standard InChI is InChI=1S/C15H30N2O4.2ClH/c1-11(13(15(20)21)7-3-5-9-17)10-12(14(18)19)6-2-4-8-16;;/h11-13H,2-10,16-17H2,1H3,(H,18,19)(H,20,21);2*1H. The van der Waals surface area contributed by atoms with Crippen molar-refractivity contribution in [1.82, 2.24) is 0 Å². The van der Waals surface area contributed by atoms with E-state index in [0.29, 0.717) is 32.4 Å². The third kappa shape index (κ3) is 12.5. The summed E-state index contributed by atoms with van der Waals surface area (Å²) in [5.41, 5.74) is 10.8. The maximum atomic E-state index is 11.4. The Kier molecular flexibility index (Phi) is 19.3. The molecule has 0 aromatic carbocycles. The fraction of sp³-hybridized carbons (Fsp3) is 0.867. The first-order chi connectivity index (χ1) is 9.93. The van der Waals surface area contributed by atoms with E-state index in [2.05, 4.69) is 0 Å². The summed E-state index contributed by atoms with van der Waals surface area (Å²) in [4.78, 5) is 22.6.